The SMILES string of the molecule is c1ccc(-c2cc3c(cc2N(c2ccccc2)c2ccccc2)C2(c4ccccc4-3)c3ccccc3-c3cc(-c4ccccc4)c(N(c4ccccc4)c4cccc5ccccc45)cc32)cc1. The van der Waals surface area contributed by atoms with Crippen LogP contribution in [0.1, 0.15) is 22.3 Å². The molecule has 0 fully saturated rings. The summed E-state index contributed by atoms with van der Waals surface area (Å²) in [5.74, 6) is 0. The Balaban J connectivity index is 1.17. The molecule has 67 heavy (non-hydrogen) atoms. The molecule has 0 heterocycles. The van der Waals surface area contributed by atoms with Gasteiger partial charge in [-0.1, -0.05) is 200 Å². The molecule has 11 aromatic rings. The van der Waals surface area contributed by atoms with Crippen molar-refractivity contribution in [3.63, 3.8) is 0 Å². The largest absolute Gasteiger partial charge is 0.310 e. The smallest absolute Gasteiger partial charge is 0.0727 e. The van der Waals surface area contributed by atoms with Gasteiger partial charge in [0.2, 0.25) is 0 Å². The van der Waals surface area contributed by atoms with Crippen LogP contribution in [0, 0.1) is 0 Å². The van der Waals surface area contributed by atoms with E-state index < -0.39 is 5.41 Å². The predicted octanol–water partition coefficient (Wildman–Crippen LogP) is 17.5. The quantitative estimate of drug-likeness (QED) is 0.150. The van der Waals surface area contributed by atoms with Crippen LogP contribution >= 0.6 is 0 Å². The zero-order valence-corrected chi connectivity index (χ0v) is 36.8. The van der Waals surface area contributed by atoms with E-state index >= 15 is 0 Å². The number of anilines is 6. The van der Waals surface area contributed by atoms with Crippen molar-refractivity contribution in [1.82, 2.24) is 0 Å². The maximum atomic E-state index is 2.55. The van der Waals surface area contributed by atoms with Crippen molar-refractivity contribution in [2.24, 2.45) is 0 Å². The van der Waals surface area contributed by atoms with Crippen molar-refractivity contribution >= 4 is 44.9 Å². The maximum Gasteiger partial charge on any atom is 0.0727 e. The van der Waals surface area contributed by atoms with Crippen LogP contribution in [-0.4, -0.2) is 0 Å². The summed E-state index contributed by atoms with van der Waals surface area (Å²) in [7, 11) is 0. The number of fused-ring (bicyclic) bond motifs is 11. The molecule has 0 bridgehead atoms. The summed E-state index contributed by atoms with van der Waals surface area (Å²) >= 11 is 0. The van der Waals surface area contributed by atoms with Gasteiger partial charge in [-0.15, -0.1) is 0 Å². The minimum absolute atomic E-state index is 0.647. The molecule has 1 spiro atoms. The van der Waals surface area contributed by atoms with Crippen LogP contribution in [0.3, 0.4) is 0 Å². The molecule has 0 N–H and O–H groups in total. The molecule has 0 aliphatic heterocycles. The molecule has 11 aromatic carbocycles. The zero-order valence-electron chi connectivity index (χ0n) is 36.8. The second kappa shape index (κ2) is 15.8. The van der Waals surface area contributed by atoms with Gasteiger partial charge in [0.25, 0.3) is 0 Å². The average Bonchev–Trinajstić information content (AvgIpc) is 3.86. The van der Waals surface area contributed by atoms with Crippen molar-refractivity contribution < 1.29 is 0 Å². The molecule has 0 aromatic heterocycles. The molecule has 1 atom stereocenters. The predicted molar refractivity (Wildman–Crippen MR) is 280 cm³/mol. The van der Waals surface area contributed by atoms with E-state index in [0.29, 0.717) is 0 Å². The topological polar surface area (TPSA) is 6.48 Å². The van der Waals surface area contributed by atoms with Crippen LogP contribution in [0.4, 0.5) is 34.1 Å². The highest BCUT2D eigenvalue weighted by atomic mass is 15.2. The molecule has 2 heteroatoms. The van der Waals surface area contributed by atoms with Gasteiger partial charge >= 0.3 is 0 Å². The Morgan fingerprint density at radius 2 is 0.627 bits per heavy atom. The molecule has 314 valence electrons. The summed E-state index contributed by atoms with van der Waals surface area (Å²) in [6.07, 6.45) is 0. The second-order valence-electron chi connectivity index (χ2n) is 17.6. The average molecular weight is 853 g/mol. The first kappa shape index (κ1) is 38.7. The minimum Gasteiger partial charge on any atom is -0.310 e. The van der Waals surface area contributed by atoms with Crippen molar-refractivity contribution in [3.8, 4) is 44.5 Å². The normalized spacial score (nSPS) is 14.0. The maximum absolute atomic E-state index is 2.55. The Kier molecular flexibility index (Phi) is 9.11. The first-order chi connectivity index (χ1) is 33.3. The Morgan fingerprint density at radius 3 is 1.13 bits per heavy atom. The number of nitrogens with zero attached hydrogens (tertiary/aromatic N) is 2. The standard InChI is InChI=1S/C65H44N2/c1-6-23-46(24-7-1)54-41-56-52-36-18-20-38-58(52)65(60(56)43-63(54)66(48-29-10-3-11-30-48)49-31-12-4-13-32-49)59-39-21-19-37-53(59)57-42-55(47-25-8-2-9-26-47)64(44-61(57)65)67(50-33-14-5-15-34-50)62-40-22-28-45-27-16-17-35-51(45)62/h1-44H. The Bertz CT molecular complexity index is 3570. The summed E-state index contributed by atoms with van der Waals surface area (Å²) in [5.41, 5.74) is 20.9. The summed E-state index contributed by atoms with van der Waals surface area (Å²) in [5, 5.41) is 2.40. The Labute approximate surface area is 391 Å². The highest BCUT2D eigenvalue weighted by Crippen LogP contribution is 2.65. The Morgan fingerprint density at radius 1 is 0.239 bits per heavy atom. The van der Waals surface area contributed by atoms with Gasteiger partial charge in [0, 0.05) is 33.6 Å². The van der Waals surface area contributed by atoms with E-state index in [1.165, 1.54) is 77.5 Å². The van der Waals surface area contributed by atoms with Gasteiger partial charge in [0.15, 0.2) is 0 Å². The second-order valence-corrected chi connectivity index (χ2v) is 17.6. The first-order valence-electron chi connectivity index (χ1n) is 23.2. The molecule has 1 unspecified atom stereocenters. The number of benzene rings is 11. The van der Waals surface area contributed by atoms with E-state index in [1.54, 1.807) is 0 Å². The third-order valence-corrected chi connectivity index (χ3v) is 14.0. The van der Waals surface area contributed by atoms with Crippen LogP contribution in [0.2, 0.25) is 0 Å². The van der Waals surface area contributed by atoms with Gasteiger partial charge in [0.1, 0.15) is 0 Å². The fraction of sp³-hybridized carbons (Fsp3) is 0.0154. The third-order valence-electron chi connectivity index (χ3n) is 14.0. The van der Waals surface area contributed by atoms with Gasteiger partial charge in [0.05, 0.1) is 22.5 Å². The number of para-hydroxylation sites is 3. The first-order valence-corrected chi connectivity index (χ1v) is 23.2. The summed E-state index contributed by atoms with van der Waals surface area (Å²) < 4.78 is 0. The number of hydrogen-bond acceptors (Lipinski definition) is 2. The molecular formula is C65H44N2. The van der Waals surface area contributed by atoms with E-state index in [-0.39, 0.29) is 0 Å². The van der Waals surface area contributed by atoms with Crippen LogP contribution in [0.25, 0.3) is 55.3 Å². The lowest BCUT2D eigenvalue weighted by atomic mass is 9.70. The van der Waals surface area contributed by atoms with Crippen molar-refractivity contribution in [2.75, 3.05) is 9.80 Å². The lowest BCUT2D eigenvalue weighted by Gasteiger charge is -2.35. The Hall–Kier alpha value is -8.72. The van der Waals surface area contributed by atoms with Crippen LogP contribution in [-0.2, 0) is 5.41 Å². The van der Waals surface area contributed by atoms with Gasteiger partial charge in [-0.25, -0.2) is 0 Å². The molecular weight excluding hydrogens is 809 g/mol. The number of hydrogen-bond donors (Lipinski definition) is 0. The van der Waals surface area contributed by atoms with E-state index in [0.717, 1.165) is 34.1 Å². The highest BCUT2D eigenvalue weighted by molar-refractivity contribution is 6.05. The molecule has 0 radical (unpaired) electrons. The van der Waals surface area contributed by atoms with Gasteiger partial charge in [-0.2, -0.15) is 0 Å². The zero-order chi connectivity index (χ0) is 44.3. The molecule has 0 saturated carbocycles. The summed E-state index contributed by atoms with van der Waals surface area (Å²) in [4.78, 5) is 4.95. The molecule has 2 aliphatic carbocycles. The fourth-order valence-electron chi connectivity index (χ4n) is 11.2. The fourth-order valence-corrected chi connectivity index (χ4v) is 11.2. The van der Waals surface area contributed by atoms with Crippen LogP contribution in [0.15, 0.2) is 267 Å². The van der Waals surface area contributed by atoms with Crippen molar-refractivity contribution in [3.05, 3.63) is 289 Å². The van der Waals surface area contributed by atoms with Gasteiger partial charge < -0.3 is 9.80 Å². The van der Waals surface area contributed by atoms with E-state index in [1.807, 2.05) is 0 Å². The highest BCUT2D eigenvalue weighted by Gasteiger charge is 2.52. The molecule has 0 amide bonds. The van der Waals surface area contributed by atoms with Crippen LogP contribution < -0.4 is 9.80 Å². The van der Waals surface area contributed by atoms with E-state index in [9.17, 15) is 0 Å². The summed E-state index contributed by atoms with van der Waals surface area (Å²) in [6.45, 7) is 0. The van der Waals surface area contributed by atoms with E-state index in [2.05, 4.69) is 277 Å². The van der Waals surface area contributed by atoms with Crippen molar-refractivity contribution in [2.45, 2.75) is 5.41 Å². The third kappa shape index (κ3) is 6.04. The van der Waals surface area contributed by atoms with Gasteiger partial charge in [-0.3, -0.25) is 0 Å². The lowest BCUT2D eigenvalue weighted by Crippen LogP contribution is -2.27. The monoisotopic (exact) mass is 852 g/mol. The van der Waals surface area contributed by atoms with Gasteiger partial charge in [-0.05, 0) is 128 Å². The summed E-state index contributed by atoms with van der Waals surface area (Å²) in [6, 6.07) is 98.3. The van der Waals surface area contributed by atoms with E-state index in [4.69, 9.17) is 0 Å². The van der Waals surface area contributed by atoms with Crippen LogP contribution in [0.5, 0.6) is 0 Å². The molecule has 13 rings (SSSR count). The lowest BCUT2D eigenvalue weighted by molar-refractivity contribution is 0.793. The van der Waals surface area contributed by atoms with Crippen molar-refractivity contribution in [1.29, 1.82) is 0 Å². The molecule has 2 aliphatic rings. The minimum atomic E-state index is -0.647. The molecule has 0 saturated heterocycles. The molecule has 2 nitrogen and oxygen atoms in total. The number of rotatable bonds is 8.